The van der Waals surface area contributed by atoms with Gasteiger partial charge < -0.3 is 4.57 Å². The van der Waals surface area contributed by atoms with E-state index in [1.54, 1.807) is 0 Å². The van der Waals surface area contributed by atoms with Crippen LogP contribution in [-0.2, 0) is 5.41 Å². The Balaban J connectivity index is 1.11. The van der Waals surface area contributed by atoms with Gasteiger partial charge in [0.05, 0.1) is 27.8 Å². The molecular formula is C53H35N5. The lowest BCUT2D eigenvalue weighted by Gasteiger charge is -2.34. The molecule has 0 saturated carbocycles. The van der Waals surface area contributed by atoms with Crippen LogP contribution >= 0.6 is 0 Å². The van der Waals surface area contributed by atoms with Crippen LogP contribution < -0.4 is 0 Å². The second kappa shape index (κ2) is 13.8. The summed E-state index contributed by atoms with van der Waals surface area (Å²) in [5.41, 5.74) is 12.1. The first kappa shape index (κ1) is 33.6. The number of hydrogen-bond donors (Lipinski definition) is 0. The molecule has 11 rings (SSSR count). The van der Waals surface area contributed by atoms with Crippen molar-refractivity contribution in [2.75, 3.05) is 0 Å². The second-order valence-electron chi connectivity index (χ2n) is 14.6. The van der Waals surface area contributed by atoms with Gasteiger partial charge >= 0.3 is 0 Å². The summed E-state index contributed by atoms with van der Waals surface area (Å²) in [4.78, 5) is 20.6. The normalized spacial score (nSPS) is 13.1. The van der Waals surface area contributed by atoms with Gasteiger partial charge in [0.25, 0.3) is 0 Å². The van der Waals surface area contributed by atoms with Crippen molar-refractivity contribution in [1.29, 1.82) is 0 Å². The summed E-state index contributed by atoms with van der Waals surface area (Å²) in [7, 11) is 0. The van der Waals surface area contributed by atoms with Gasteiger partial charge in [-0.1, -0.05) is 176 Å². The SMILES string of the molecule is c1ccc(C2=Nc3c(ccc4c3c3ccccc3n4-c3ccc(-c4nc(-c5ccccc5)nc(-c5ccccc5)n4)cc3)C2(c2ccccc2)c2ccccc2)cc1. The highest BCUT2D eigenvalue weighted by atomic mass is 15.0. The molecular weight excluding hydrogens is 707 g/mol. The quantitative estimate of drug-likeness (QED) is 0.163. The van der Waals surface area contributed by atoms with Crippen LogP contribution in [-0.4, -0.2) is 25.2 Å². The monoisotopic (exact) mass is 741 g/mol. The zero-order chi connectivity index (χ0) is 38.5. The third-order valence-electron chi connectivity index (χ3n) is 11.3. The topological polar surface area (TPSA) is 56.0 Å². The Bertz CT molecular complexity index is 3020. The first-order valence-electron chi connectivity index (χ1n) is 19.6. The van der Waals surface area contributed by atoms with Crippen LogP contribution in [0.5, 0.6) is 0 Å². The van der Waals surface area contributed by atoms with E-state index < -0.39 is 5.41 Å². The molecule has 0 bridgehead atoms. The van der Waals surface area contributed by atoms with Gasteiger partial charge in [-0.15, -0.1) is 0 Å². The van der Waals surface area contributed by atoms with Crippen molar-refractivity contribution in [3.8, 4) is 39.9 Å². The molecule has 0 unspecified atom stereocenters. The predicted molar refractivity (Wildman–Crippen MR) is 236 cm³/mol. The highest BCUT2D eigenvalue weighted by Gasteiger charge is 2.48. The van der Waals surface area contributed by atoms with Crippen molar-refractivity contribution < 1.29 is 0 Å². The van der Waals surface area contributed by atoms with Crippen LogP contribution in [0.25, 0.3) is 61.7 Å². The molecule has 3 heterocycles. The molecule has 0 radical (unpaired) electrons. The molecule has 1 aliphatic heterocycles. The number of fused-ring (bicyclic) bond motifs is 5. The van der Waals surface area contributed by atoms with Gasteiger partial charge in [-0.3, -0.25) is 4.99 Å². The van der Waals surface area contributed by atoms with Crippen LogP contribution in [0.4, 0.5) is 5.69 Å². The van der Waals surface area contributed by atoms with Crippen LogP contribution in [0, 0.1) is 0 Å². The first-order chi connectivity index (χ1) is 28.8. The van der Waals surface area contributed by atoms with Gasteiger partial charge in [0, 0.05) is 33.2 Å². The summed E-state index contributed by atoms with van der Waals surface area (Å²) >= 11 is 0. The summed E-state index contributed by atoms with van der Waals surface area (Å²) < 4.78 is 2.36. The largest absolute Gasteiger partial charge is 0.309 e. The molecule has 0 amide bonds. The molecule has 5 heteroatoms. The van der Waals surface area contributed by atoms with E-state index in [0.717, 1.165) is 61.1 Å². The fraction of sp³-hybridized carbons (Fsp3) is 0.0189. The second-order valence-corrected chi connectivity index (χ2v) is 14.6. The number of aliphatic imine (C=N–C) groups is 1. The molecule has 2 aromatic heterocycles. The maximum Gasteiger partial charge on any atom is 0.164 e. The van der Waals surface area contributed by atoms with E-state index in [9.17, 15) is 0 Å². The maximum absolute atomic E-state index is 5.71. The van der Waals surface area contributed by atoms with Gasteiger partial charge in [-0.2, -0.15) is 0 Å². The van der Waals surface area contributed by atoms with Crippen LogP contribution in [0.2, 0.25) is 0 Å². The third kappa shape index (κ3) is 5.32. The Morgan fingerprint density at radius 2 is 0.810 bits per heavy atom. The van der Waals surface area contributed by atoms with Crippen LogP contribution in [0.1, 0.15) is 22.3 Å². The van der Waals surface area contributed by atoms with E-state index in [0.29, 0.717) is 17.5 Å². The minimum atomic E-state index is -0.625. The molecule has 0 fully saturated rings. The molecule has 10 aromatic rings. The number of rotatable bonds is 7. The van der Waals surface area contributed by atoms with Crippen LogP contribution in [0.3, 0.4) is 0 Å². The maximum atomic E-state index is 5.71. The molecule has 1 aliphatic rings. The molecule has 0 spiro atoms. The van der Waals surface area contributed by atoms with Crippen molar-refractivity contribution in [1.82, 2.24) is 19.5 Å². The molecule has 0 aliphatic carbocycles. The minimum absolute atomic E-state index is 0.625. The van der Waals surface area contributed by atoms with Crippen molar-refractivity contribution in [2.24, 2.45) is 4.99 Å². The zero-order valence-corrected chi connectivity index (χ0v) is 31.4. The van der Waals surface area contributed by atoms with Crippen molar-refractivity contribution >= 4 is 33.2 Å². The molecule has 0 N–H and O–H groups in total. The smallest absolute Gasteiger partial charge is 0.164 e. The lowest BCUT2D eigenvalue weighted by molar-refractivity contribution is 0.852. The van der Waals surface area contributed by atoms with Gasteiger partial charge in [-0.25, -0.2) is 15.0 Å². The average Bonchev–Trinajstić information content (AvgIpc) is 3.84. The molecule has 0 saturated heterocycles. The van der Waals surface area contributed by atoms with Gasteiger partial charge in [0.2, 0.25) is 0 Å². The number of aromatic nitrogens is 4. The summed E-state index contributed by atoms with van der Waals surface area (Å²) in [6.07, 6.45) is 0. The number of benzene rings is 8. The number of para-hydroxylation sites is 1. The summed E-state index contributed by atoms with van der Waals surface area (Å²) in [5.74, 6) is 1.91. The highest BCUT2D eigenvalue weighted by Crippen LogP contribution is 2.54. The summed E-state index contributed by atoms with van der Waals surface area (Å²) in [6, 6.07) is 74.4. The lowest BCUT2D eigenvalue weighted by atomic mass is 9.65. The van der Waals surface area contributed by atoms with E-state index in [1.807, 2.05) is 60.7 Å². The Kier molecular flexibility index (Phi) is 7.97. The van der Waals surface area contributed by atoms with E-state index in [1.165, 1.54) is 16.7 Å². The van der Waals surface area contributed by atoms with Crippen molar-refractivity contribution in [3.63, 3.8) is 0 Å². The van der Waals surface area contributed by atoms with Crippen LogP contribution in [0.15, 0.2) is 217 Å². The molecule has 8 aromatic carbocycles. The standard InChI is InChI=1S/C53H35N5/c1-6-18-36(19-7-1)49-53(40-24-12-4-13-25-40,41-26-14-5-15-27-41)44-34-35-46-47(48(44)54-49)43-28-16-17-29-45(43)58(46)42-32-30-39(31-33-42)52-56-50(37-20-8-2-9-21-37)55-51(57-52)38-22-10-3-11-23-38/h1-35H. The van der Waals surface area contributed by atoms with Gasteiger partial charge in [0.1, 0.15) is 0 Å². The minimum Gasteiger partial charge on any atom is -0.309 e. The fourth-order valence-electron chi connectivity index (χ4n) is 8.76. The Morgan fingerprint density at radius 3 is 1.34 bits per heavy atom. The average molecular weight is 742 g/mol. The van der Waals surface area contributed by atoms with Crippen molar-refractivity contribution in [3.05, 3.63) is 235 Å². The number of hydrogen-bond acceptors (Lipinski definition) is 4. The number of nitrogens with zero attached hydrogens (tertiary/aromatic N) is 5. The fourth-order valence-corrected chi connectivity index (χ4v) is 8.76. The molecule has 58 heavy (non-hydrogen) atoms. The van der Waals surface area contributed by atoms with E-state index >= 15 is 0 Å². The lowest BCUT2D eigenvalue weighted by Crippen LogP contribution is -2.36. The Hall–Kier alpha value is -7.76. The highest BCUT2D eigenvalue weighted by molar-refractivity contribution is 6.23. The molecule has 0 atom stereocenters. The first-order valence-corrected chi connectivity index (χ1v) is 19.6. The van der Waals surface area contributed by atoms with Gasteiger partial charge in [-0.05, 0) is 58.7 Å². The molecule has 272 valence electrons. The summed E-state index contributed by atoms with van der Waals surface area (Å²) in [6.45, 7) is 0. The zero-order valence-electron chi connectivity index (χ0n) is 31.4. The van der Waals surface area contributed by atoms with Crippen molar-refractivity contribution in [2.45, 2.75) is 5.41 Å². The van der Waals surface area contributed by atoms with E-state index in [2.05, 4.69) is 156 Å². The van der Waals surface area contributed by atoms with E-state index in [4.69, 9.17) is 19.9 Å². The third-order valence-corrected chi connectivity index (χ3v) is 11.3. The Labute approximate surface area is 336 Å². The molecule has 5 nitrogen and oxygen atoms in total. The van der Waals surface area contributed by atoms with E-state index in [-0.39, 0.29) is 0 Å². The van der Waals surface area contributed by atoms with Gasteiger partial charge in [0.15, 0.2) is 17.5 Å². The summed E-state index contributed by atoms with van der Waals surface area (Å²) in [5, 5.41) is 2.29. The Morgan fingerprint density at radius 1 is 0.362 bits per heavy atom. The predicted octanol–water partition coefficient (Wildman–Crippen LogP) is 12.4.